The fourth-order valence-electron chi connectivity index (χ4n) is 3.36. The van der Waals surface area contributed by atoms with Gasteiger partial charge in [0.05, 0.1) is 10.5 Å². The van der Waals surface area contributed by atoms with E-state index in [0.29, 0.717) is 18.8 Å². The molecule has 1 saturated heterocycles. The van der Waals surface area contributed by atoms with Crippen molar-refractivity contribution in [2.45, 2.75) is 50.5 Å². The molecule has 31 heavy (non-hydrogen) atoms. The third-order valence-corrected chi connectivity index (χ3v) is 7.18. The number of benzene rings is 2. The van der Waals surface area contributed by atoms with Crippen molar-refractivity contribution >= 4 is 27.6 Å². The van der Waals surface area contributed by atoms with E-state index in [1.54, 1.807) is 12.1 Å². The molecule has 3 rings (SSSR count). The first kappa shape index (κ1) is 23.0. The Hall–Kier alpha value is -2.71. The minimum Gasteiger partial charge on any atom is -0.449 e. The largest absolute Gasteiger partial charge is 0.449 e. The second kappa shape index (κ2) is 10.1. The molecule has 1 fully saturated rings. The molecule has 0 radical (unpaired) electrons. The fraction of sp³-hybridized carbons (Fsp3) is 0.391. The van der Waals surface area contributed by atoms with Gasteiger partial charge in [-0.3, -0.25) is 4.79 Å². The first-order valence-corrected chi connectivity index (χ1v) is 11.9. The minimum absolute atomic E-state index is 0.149. The molecular formula is C23H28N2O5S. The van der Waals surface area contributed by atoms with Crippen molar-refractivity contribution in [2.75, 3.05) is 18.4 Å². The van der Waals surface area contributed by atoms with Gasteiger partial charge >= 0.3 is 5.97 Å². The molecule has 166 valence electrons. The summed E-state index contributed by atoms with van der Waals surface area (Å²) in [6.45, 7) is 4.46. The summed E-state index contributed by atoms with van der Waals surface area (Å²) < 4.78 is 32.4. The van der Waals surface area contributed by atoms with Crippen molar-refractivity contribution in [3.8, 4) is 0 Å². The van der Waals surface area contributed by atoms with Crippen LogP contribution in [-0.2, 0) is 19.6 Å². The number of carbonyl (C=O) groups excluding carboxylic acids is 2. The van der Waals surface area contributed by atoms with Crippen LogP contribution in [0.2, 0.25) is 0 Å². The van der Waals surface area contributed by atoms with Gasteiger partial charge in [0, 0.05) is 18.8 Å². The molecule has 1 N–H and O–H groups in total. The Kier molecular flexibility index (Phi) is 7.46. The Bertz CT molecular complexity index is 1010. The van der Waals surface area contributed by atoms with Gasteiger partial charge in [0.15, 0.2) is 6.10 Å². The molecule has 1 amide bonds. The van der Waals surface area contributed by atoms with E-state index in [9.17, 15) is 18.0 Å². The minimum atomic E-state index is -3.58. The molecule has 0 bridgehead atoms. The number of sulfonamides is 1. The van der Waals surface area contributed by atoms with E-state index in [-0.39, 0.29) is 10.5 Å². The van der Waals surface area contributed by atoms with Gasteiger partial charge in [-0.1, -0.05) is 30.5 Å². The van der Waals surface area contributed by atoms with Crippen LogP contribution in [-0.4, -0.2) is 43.8 Å². The Labute approximate surface area is 183 Å². The van der Waals surface area contributed by atoms with Crippen molar-refractivity contribution in [1.82, 2.24) is 4.31 Å². The monoisotopic (exact) mass is 444 g/mol. The number of hydrogen-bond donors (Lipinski definition) is 1. The van der Waals surface area contributed by atoms with Crippen LogP contribution in [0.1, 0.15) is 48.5 Å². The topological polar surface area (TPSA) is 92.8 Å². The van der Waals surface area contributed by atoms with Gasteiger partial charge in [0.25, 0.3) is 5.91 Å². The Morgan fingerprint density at radius 1 is 0.935 bits per heavy atom. The first-order valence-electron chi connectivity index (χ1n) is 10.5. The molecular weight excluding hydrogens is 416 g/mol. The van der Waals surface area contributed by atoms with E-state index in [0.717, 1.165) is 31.2 Å². The van der Waals surface area contributed by atoms with Crippen LogP contribution in [0.5, 0.6) is 0 Å². The predicted molar refractivity (Wildman–Crippen MR) is 118 cm³/mol. The van der Waals surface area contributed by atoms with Crippen molar-refractivity contribution in [3.63, 3.8) is 0 Å². The number of amides is 1. The average molecular weight is 445 g/mol. The van der Waals surface area contributed by atoms with Crippen molar-refractivity contribution in [2.24, 2.45) is 0 Å². The van der Waals surface area contributed by atoms with Crippen LogP contribution in [0.15, 0.2) is 53.4 Å². The molecule has 7 nitrogen and oxygen atoms in total. The Balaban J connectivity index is 1.61. The molecule has 1 aliphatic rings. The van der Waals surface area contributed by atoms with E-state index in [1.807, 2.05) is 19.1 Å². The number of hydrogen-bond acceptors (Lipinski definition) is 5. The van der Waals surface area contributed by atoms with E-state index in [1.165, 1.54) is 35.5 Å². The highest BCUT2D eigenvalue weighted by atomic mass is 32.2. The number of carbonyl (C=O) groups is 2. The quantitative estimate of drug-likeness (QED) is 0.685. The lowest BCUT2D eigenvalue weighted by Crippen LogP contribution is -2.32. The third-order valence-electron chi connectivity index (χ3n) is 5.26. The number of esters is 1. The summed E-state index contributed by atoms with van der Waals surface area (Å²) in [4.78, 5) is 24.8. The number of rotatable bonds is 6. The smallest absolute Gasteiger partial charge is 0.338 e. The number of ether oxygens (including phenoxy) is 1. The zero-order chi connectivity index (χ0) is 22.4. The van der Waals surface area contributed by atoms with Gasteiger partial charge in [0.2, 0.25) is 10.0 Å². The maximum absolute atomic E-state index is 12.8. The van der Waals surface area contributed by atoms with Crippen molar-refractivity contribution in [3.05, 3.63) is 59.7 Å². The van der Waals surface area contributed by atoms with Crippen LogP contribution >= 0.6 is 0 Å². The predicted octanol–water partition coefficient (Wildman–Crippen LogP) is 3.74. The van der Waals surface area contributed by atoms with E-state index >= 15 is 0 Å². The number of aryl methyl sites for hydroxylation is 1. The molecule has 0 spiro atoms. The lowest BCUT2D eigenvalue weighted by Gasteiger charge is -2.20. The molecule has 8 heteroatoms. The zero-order valence-corrected chi connectivity index (χ0v) is 18.7. The molecule has 0 aromatic heterocycles. The molecule has 0 saturated carbocycles. The number of nitrogens with zero attached hydrogens (tertiary/aromatic N) is 1. The molecule has 0 aliphatic carbocycles. The highest BCUT2D eigenvalue weighted by molar-refractivity contribution is 7.89. The Morgan fingerprint density at radius 3 is 2.10 bits per heavy atom. The first-order chi connectivity index (χ1) is 14.8. The SMILES string of the molecule is Cc1ccc(NC(=O)C(C)OC(=O)c2ccc(S(=O)(=O)N3CCCCCC3)cc2)cc1. The maximum atomic E-state index is 12.8. The van der Waals surface area contributed by atoms with Gasteiger partial charge < -0.3 is 10.1 Å². The second-order valence-corrected chi connectivity index (χ2v) is 9.68. The van der Waals surface area contributed by atoms with Crippen LogP contribution in [0.4, 0.5) is 5.69 Å². The van der Waals surface area contributed by atoms with Crippen molar-refractivity contribution in [1.29, 1.82) is 0 Å². The van der Waals surface area contributed by atoms with Gasteiger partial charge in [-0.25, -0.2) is 13.2 Å². The highest BCUT2D eigenvalue weighted by Crippen LogP contribution is 2.21. The third kappa shape index (κ3) is 5.92. The van der Waals surface area contributed by atoms with Crippen LogP contribution in [0, 0.1) is 6.92 Å². The number of anilines is 1. The van der Waals surface area contributed by atoms with E-state index in [4.69, 9.17) is 4.74 Å². The summed E-state index contributed by atoms with van der Waals surface area (Å²) in [6, 6.07) is 12.9. The summed E-state index contributed by atoms with van der Waals surface area (Å²) in [5.41, 5.74) is 1.87. The summed E-state index contributed by atoms with van der Waals surface area (Å²) in [5, 5.41) is 2.70. The Morgan fingerprint density at radius 2 is 1.52 bits per heavy atom. The van der Waals surface area contributed by atoms with Gasteiger partial charge in [-0.2, -0.15) is 4.31 Å². The zero-order valence-electron chi connectivity index (χ0n) is 17.8. The van der Waals surface area contributed by atoms with Crippen LogP contribution < -0.4 is 5.32 Å². The van der Waals surface area contributed by atoms with E-state index < -0.39 is 28.0 Å². The van der Waals surface area contributed by atoms with Gasteiger partial charge in [0.1, 0.15) is 0 Å². The molecule has 2 aromatic rings. The maximum Gasteiger partial charge on any atom is 0.338 e. The second-order valence-electron chi connectivity index (χ2n) is 7.75. The fourth-order valence-corrected chi connectivity index (χ4v) is 4.87. The van der Waals surface area contributed by atoms with Gasteiger partial charge in [-0.05, 0) is 63.1 Å². The highest BCUT2D eigenvalue weighted by Gasteiger charge is 2.26. The van der Waals surface area contributed by atoms with Gasteiger partial charge in [-0.15, -0.1) is 0 Å². The summed E-state index contributed by atoms with van der Waals surface area (Å²) in [7, 11) is -3.58. The molecule has 2 aromatic carbocycles. The lowest BCUT2D eigenvalue weighted by atomic mass is 10.2. The standard InChI is InChI=1S/C23H28N2O5S/c1-17-7-11-20(12-8-17)24-22(26)18(2)30-23(27)19-9-13-21(14-10-19)31(28,29)25-15-5-3-4-6-16-25/h7-14,18H,3-6,15-16H2,1-2H3,(H,24,26). The summed E-state index contributed by atoms with van der Waals surface area (Å²) in [6.07, 6.45) is 2.77. The molecule has 1 heterocycles. The normalized spacial score (nSPS) is 16.2. The lowest BCUT2D eigenvalue weighted by molar-refractivity contribution is -0.123. The van der Waals surface area contributed by atoms with Crippen LogP contribution in [0.25, 0.3) is 0 Å². The summed E-state index contributed by atoms with van der Waals surface area (Å²) >= 11 is 0. The summed E-state index contributed by atoms with van der Waals surface area (Å²) in [5.74, 6) is -1.14. The average Bonchev–Trinajstić information content (AvgIpc) is 3.05. The molecule has 1 aliphatic heterocycles. The van der Waals surface area contributed by atoms with Crippen LogP contribution in [0.3, 0.4) is 0 Å². The number of nitrogens with one attached hydrogen (secondary N) is 1. The molecule has 1 atom stereocenters. The molecule has 1 unspecified atom stereocenters. The van der Waals surface area contributed by atoms with Crippen molar-refractivity contribution < 1.29 is 22.7 Å². The van der Waals surface area contributed by atoms with E-state index in [2.05, 4.69) is 5.32 Å².